The van der Waals surface area contributed by atoms with Crippen molar-refractivity contribution < 1.29 is 22.8 Å². The fourth-order valence-corrected chi connectivity index (χ4v) is 3.75. The topological polar surface area (TPSA) is 49.5 Å². The molecular weight excluding hydrogens is 240 g/mol. The Kier molecular flexibility index (Phi) is 6.61. The Morgan fingerprint density at radius 1 is 1.24 bits per heavy atom. The summed E-state index contributed by atoms with van der Waals surface area (Å²) in [5.41, 5.74) is 0. The Hall–Kier alpha value is 0.0169. The summed E-state index contributed by atoms with van der Waals surface area (Å²) in [6, 6.07) is 0.819. The lowest BCUT2D eigenvalue weighted by molar-refractivity contribution is 0.0970. The van der Waals surface area contributed by atoms with Gasteiger partial charge >= 0.3 is 8.80 Å². The van der Waals surface area contributed by atoms with Gasteiger partial charge in [-0.25, -0.2) is 0 Å². The molecule has 0 aliphatic carbocycles. The molecule has 1 aliphatic rings. The molecule has 5 nitrogen and oxygen atoms in total. The SMILES string of the molecule is CO[Si](CC(C)CCOCC1CO1)(OC)OC. The Balaban J connectivity index is 2.14. The lowest BCUT2D eigenvalue weighted by atomic mass is 10.1. The summed E-state index contributed by atoms with van der Waals surface area (Å²) in [4.78, 5) is 0. The maximum Gasteiger partial charge on any atom is 0.500 e. The average Bonchev–Trinajstić information content (AvgIpc) is 3.16. The summed E-state index contributed by atoms with van der Waals surface area (Å²) in [7, 11) is 2.51. The Bertz CT molecular complexity index is 198. The van der Waals surface area contributed by atoms with Crippen molar-refractivity contribution in [2.75, 3.05) is 41.2 Å². The van der Waals surface area contributed by atoms with E-state index in [-0.39, 0.29) is 0 Å². The highest BCUT2D eigenvalue weighted by Gasteiger charge is 2.39. The molecule has 102 valence electrons. The minimum Gasteiger partial charge on any atom is -0.379 e. The van der Waals surface area contributed by atoms with E-state index in [4.69, 9.17) is 22.8 Å². The van der Waals surface area contributed by atoms with E-state index in [2.05, 4.69) is 6.92 Å². The quantitative estimate of drug-likeness (QED) is 0.338. The van der Waals surface area contributed by atoms with Crippen molar-refractivity contribution in [1.29, 1.82) is 0 Å². The van der Waals surface area contributed by atoms with Crippen molar-refractivity contribution in [2.24, 2.45) is 5.92 Å². The van der Waals surface area contributed by atoms with Crippen LogP contribution < -0.4 is 0 Å². The largest absolute Gasteiger partial charge is 0.500 e. The zero-order valence-corrected chi connectivity index (χ0v) is 12.2. The number of ether oxygens (including phenoxy) is 2. The fourth-order valence-electron chi connectivity index (χ4n) is 1.69. The Morgan fingerprint density at radius 3 is 2.29 bits per heavy atom. The molecule has 0 aromatic rings. The molecule has 1 saturated heterocycles. The summed E-state index contributed by atoms with van der Waals surface area (Å²) in [6.45, 7) is 4.48. The first kappa shape index (κ1) is 15.1. The van der Waals surface area contributed by atoms with Gasteiger partial charge in [0.05, 0.1) is 13.2 Å². The van der Waals surface area contributed by atoms with E-state index in [0.29, 0.717) is 18.6 Å². The van der Waals surface area contributed by atoms with Gasteiger partial charge in [0.25, 0.3) is 0 Å². The number of rotatable bonds is 10. The van der Waals surface area contributed by atoms with Crippen LogP contribution in [0.1, 0.15) is 13.3 Å². The van der Waals surface area contributed by atoms with Crippen LogP contribution in [0, 0.1) is 5.92 Å². The van der Waals surface area contributed by atoms with Crippen molar-refractivity contribution >= 4 is 8.80 Å². The third-order valence-electron chi connectivity index (χ3n) is 2.99. The number of hydrogen-bond donors (Lipinski definition) is 0. The molecule has 1 fully saturated rings. The second kappa shape index (κ2) is 7.45. The van der Waals surface area contributed by atoms with Gasteiger partial charge in [0.15, 0.2) is 0 Å². The summed E-state index contributed by atoms with van der Waals surface area (Å²) in [5.74, 6) is 0.460. The van der Waals surface area contributed by atoms with Crippen LogP contribution in [0.5, 0.6) is 0 Å². The minimum absolute atomic E-state index is 0.343. The van der Waals surface area contributed by atoms with Gasteiger partial charge in [-0.15, -0.1) is 0 Å². The van der Waals surface area contributed by atoms with Gasteiger partial charge in [0.1, 0.15) is 6.10 Å². The van der Waals surface area contributed by atoms with Gasteiger partial charge in [-0.3, -0.25) is 0 Å². The molecule has 0 N–H and O–H groups in total. The van der Waals surface area contributed by atoms with Gasteiger partial charge < -0.3 is 22.8 Å². The molecule has 6 heteroatoms. The highest BCUT2D eigenvalue weighted by Crippen LogP contribution is 2.21. The van der Waals surface area contributed by atoms with Crippen molar-refractivity contribution in [2.45, 2.75) is 25.5 Å². The molecule has 2 atom stereocenters. The summed E-state index contributed by atoms with van der Waals surface area (Å²) in [5, 5.41) is 0. The molecule has 1 aliphatic heterocycles. The van der Waals surface area contributed by atoms with E-state index < -0.39 is 8.80 Å². The van der Waals surface area contributed by atoms with E-state index in [1.807, 2.05) is 0 Å². The Labute approximate surface area is 105 Å². The van der Waals surface area contributed by atoms with E-state index in [1.54, 1.807) is 21.3 Å². The van der Waals surface area contributed by atoms with Crippen LogP contribution in [0.25, 0.3) is 0 Å². The fraction of sp³-hybridized carbons (Fsp3) is 1.00. The predicted molar refractivity (Wildman–Crippen MR) is 65.9 cm³/mol. The normalized spacial score (nSPS) is 21.5. The summed E-state index contributed by atoms with van der Waals surface area (Å²) >= 11 is 0. The molecule has 0 bridgehead atoms. The molecule has 0 radical (unpaired) electrons. The minimum atomic E-state index is -2.43. The zero-order chi connectivity index (χ0) is 12.7. The van der Waals surface area contributed by atoms with Crippen molar-refractivity contribution in [3.63, 3.8) is 0 Å². The van der Waals surface area contributed by atoms with E-state index in [1.165, 1.54) is 0 Å². The monoisotopic (exact) mass is 264 g/mol. The smallest absolute Gasteiger partial charge is 0.379 e. The van der Waals surface area contributed by atoms with Gasteiger partial charge in [-0.1, -0.05) is 6.92 Å². The highest BCUT2D eigenvalue weighted by atomic mass is 28.4. The van der Waals surface area contributed by atoms with E-state index in [0.717, 1.165) is 25.7 Å². The third kappa shape index (κ3) is 5.46. The van der Waals surface area contributed by atoms with E-state index in [9.17, 15) is 0 Å². The average molecular weight is 264 g/mol. The molecule has 17 heavy (non-hydrogen) atoms. The molecular formula is C11H24O5Si. The molecule has 1 rings (SSSR count). The van der Waals surface area contributed by atoms with Crippen molar-refractivity contribution in [3.8, 4) is 0 Å². The molecule has 0 saturated carbocycles. The van der Waals surface area contributed by atoms with Crippen LogP contribution >= 0.6 is 0 Å². The maximum atomic E-state index is 5.51. The van der Waals surface area contributed by atoms with Gasteiger partial charge in [-0.05, 0) is 12.3 Å². The second-order valence-electron chi connectivity index (χ2n) is 4.42. The van der Waals surface area contributed by atoms with Crippen LogP contribution in [0.4, 0.5) is 0 Å². The number of hydrogen-bond acceptors (Lipinski definition) is 5. The molecule has 0 aromatic carbocycles. The first-order chi connectivity index (χ1) is 8.15. The van der Waals surface area contributed by atoms with Crippen LogP contribution in [-0.2, 0) is 22.8 Å². The van der Waals surface area contributed by atoms with Crippen LogP contribution in [0.2, 0.25) is 6.04 Å². The van der Waals surface area contributed by atoms with Crippen LogP contribution in [0.15, 0.2) is 0 Å². The van der Waals surface area contributed by atoms with Gasteiger partial charge in [-0.2, -0.15) is 0 Å². The first-order valence-electron chi connectivity index (χ1n) is 6.00. The standard InChI is InChI=1S/C11H24O5Si/c1-10(5-6-15-7-11-8-16-11)9-17(12-2,13-3)14-4/h10-11H,5-9H2,1-4H3. The summed E-state index contributed by atoms with van der Waals surface area (Å²) in [6.07, 6.45) is 1.33. The van der Waals surface area contributed by atoms with E-state index >= 15 is 0 Å². The molecule has 0 amide bonds. The van der Waals surface area contributed by atoms with Gasteiger partial charge in [0, 0.05) is 34.0 Å². The second-order valence-corrected chi connectivity index (χ2v) is 7.42. The Morgan fingerprint density at radius 2 is 1.82 bits per heavy atom. The maximum absolute atomic E-state index is 5.51. The molecule has 1 heterocycles. The first-order valence-corrected chi connectivity index (χ1v) is 7.93. The summed E-state index contributed by atoms with van der Waals surface area (Å²) < 4.78 is 26.8. The third-order valence-corrected chi connectivity index (χ3v) is 6.06. The van der Waals surface area contributed by atoms with Crippen molar-refractivity contribution in [1.82, 2.24) is 0 Å². The molecule has 2 unspecified atom stereocenters. The van der Waals surface area contributed by atoms with Crippen molar-refractivity contribution in [3.05, 3.63) is 0 Å². The van der Waals surface area contributed by atoms with Crippen LogP contribution in [0.3, 0.4) is 0 Å². The van der Waals surface area contributed by atoms with Crippen LogP contribution in [-0.4, -0.2) is 56.1 Å². The lowest BCUT2D eigenvalue weighted by Crippen LogP contribution is -2.44. The highest BCUT2D eigenvalue weighted by molar-refractivity contribution is 6.60. The number of epoxide rings is 1. The molecule has 0 spiro atoms. The predicted octanol–water partition coefficient (Wildman–Crippen LogP) is 1.31. The lowest BCUT2D eigenvalue weighted by Gasteiger charge is -2.27. The molecule has 0 aromatic heterocycles. The zero-order valence-electron chi connectivity index (χ0n) is 11.2. The van der Waals surface area contributed by atoms with Gasteiger partial charge in [0.2, 0.25) is 0 Å².